The van der Waals surface area contributed by atoms with Crippen LogP contribution < -0.4 is 0 Å². The minimum atomic E-state index is -1.00. The molecular formula is CH4BIOS. The van der Waals surface area contributed by atoms with E-state index in [1.54, 1.807) is 13.0 Å². The molecule has 0 saturated heterocycles. The van der Waals surface area contributed by atoms with Crippen molar-refractivity contribution in [2.45, 2.75) is 6.82 Å². The molecule has 0 amide bonds. The summed E-state index contributed by atoms with van der Waals surface area (Å²) in [5, 5.41) is 0. The molecule has 30 valence electrons. The molecule has 1 nitrogen and oxygen atoms in total. The van der Waals surface area contributed by atoms with Crippen LogP contribution in [0.5, 0.6) is 0 Å². The molecule has 0 radical (unpaired) electrons. The van der Waals surface area contributed by atoms with Gasteiger partial charge in [0, 0.05) is 0 Å². The average Bonchev–Trinajstić information content (AvgIpc) is 1.38. The van der Waals surface area contributed by atoms with Crippen molar-refractivity contribution >= 4 is 34.8 Å². The topological polar surface area (TPSA) is 17.1 Å². The summed E-state index contributed by atoms with van der Waals surface area (Å²) in [6, 6.07) is 0. The van der Waals surface area contributed by atoms with E-state index in [0.717, 1.165) is 0 Å². The third-order valence-electron chi connectivity index (χ3n) is 0.203. The van der Waals surface area contributed by atoms with E-state index in [9.17, 15) is 4.21 Å². The van der Waals surface area contributed by atoms with Gasteiger partial charge in [-0.1, -0.05) is 0 Å². The number of thiol groups is 1. The van der Waals surface area contributed by atoms with Gasteiger partial charge >= 0.3 is 45.8 Å². The molecule has 1 atom stereocenters. The van der Waals surface area contributed by atoms with Crippen molar-refractivity contribution in [3.05, 3.63) is 0 Å². The maximum absolute atomic E-state index is 9.89. The molecule has 0 aliphatic carbocycles. The predicted octanol–water partition coefficient (Wildman–Crippen LogP) is 0.485. The van der Waals surface area contributed by atoms with Gasteiger partial charge in [0.05, 0.1) is 0 Å². The number of rotatable bonds is 0. The fourth-order valence-electron chi connectivity index (χ4n) is 0. The molecule has 0 N–H and O–H groups in total. The second-order valence-corrected chi connectivity index (χ2v) is 4.44. The van der Waals surface area contributed by atoms with E-state index < -0.39 is 7.40 Å². The fourth-order valence-corrected chi connectivity index (χ4v) is 0. The summed E-state index contributed by atoms with van der Waals surface area (Å²) < 4.78 is 9.89. The van der Waals surface area contributed by atoms with Crippen LogP contribution in [0.25, 0.3) is 0 Å². The zero-order valence-corrected chi connectivity index (χ0v) is 5.86. The van der Waals surface area contributed by atoms with Gasteiger partial charge in [0.25, 0.3) is 0 Å². The second-order valence-electron chi connectivity index (χ2n) is 0.530. The van der Waals surface area contributed by atoms with Gasteiger partial charge in [-0.05, 0) is 0 Å². The normalized spacial score (nSPS) is 14.0. The Bertz CT molecular complexity index is 83.6. The zero-order valence-electron chi connectivity index (χ0n) is 2.81. The minimum absolute atomic E-state index is 1.00. The third-order valence-corrected chi connectivity index (χ3v) is 2.28. The molecule has 4 heteroatoms. The van der Waals surface area contributed by atoms with Gasteiger partial charge < -0.3 is 0 Å². The van der Waals surface area contributed by atoms with E-state index in [4.69, 9.17) is 0 Å². The van der Waals surface area contributed by atoms with Crippen molar-refractivity contribution in [1.82, 2.24) is 0 Å². The molecule has 0 bridgehead atoms. The molecule has 0 rings (SSSR count). The van der Waals surface area contributed by atoms with Crippen molar-refractivity contribution in [1.29, 1.82) is 0 Å². The summed E-state index contributed by atoms with van der Waals surface area (Å²) in [5.41, 5.74) is 0. The summed E-state index contributed by atoms with van der Waals surface area (Å²) >= 11 is 1.86. The average molecular weight is 202 g/mol. The molecule has 0 saturated carbocycles. The molecule has 1 unspecified atom stereocenters. The first-order valence-corrected chi connectivity index (χ1v) is 5.30. The van der Waals surface area contributed by atoms with Gasteiger partial charge in [0.2, 0.25) is 0 Å². The molecule has 0 aliphatic heterocycles. The van der Waals surface area contributed by atoms with Gasteiger partial charge in [0.15, 0.2) is 0 Å². The van der Waals surface area contributed by atoms with Crippen LogP contribution in [0.1, 0.15) is 0 Å². The molecule has 0 aliphatic rings. The molecule has 0 aromatic heterocycles. The van der Waals surface area contributed by atoms with Crippen LogP contribution in [0, 0.1) is 0 Å². The van der Waals surface area contributed by atoms with Crippen LogP contribution in [0.4, 0.5) is 0 Å². The summed E-state index contributed by atoms with van der Waals surface area (Å²) in [4.78, 5) is 0. The van der Waals surface area contributed by atoms with E-state index in [-0.39, 0.29) is 0 Å². The predicted molar refractivity (Wildman–Crippen MR) is 35.2 cm³/mol. The Morgan fingerprint density at radius 3 is 2.20 bits per heavy atom. The van der Waals surface area contributed by atoms with E-state index in [1.807, 2.05) is 21.2 Å². The fraction of sp³-hybridized carbons (Fsp3) is 1.00. The van der Waals surface area contributed by atoms with E-state index in [2.05, 4.69) is 0 Å². The summed E-state index contributed by atoms with van der Waals surface area (Å²) in [5.74, 6) is 0. The van der Waals surface area contributed by atoms with Crippen molar-refractivity contribution in [3.63, 3.8) is 0 Å². The Labute approximate surface area is 45.9 Å². The molecule has 0 heterocycles. The van der Waals surface area contributed by atoms with Gasteiger partial charge in [-0.3, -0.25) is 0 Å². The first-order valence-electron chi connectivity index (χ1n) is 1.19. The van der Waals surface area contributed by atoms with E-state index in [1.165, 1.54) is 0 Å². The van der Waals surface area contributed by atoms with Gasteiger partial charge in [-0.25, -0.2) is 0 Å². The van der Waals surface area contributed by atoms with Crippen LogP contribution in [0.3, 0.4) is 0 Å². The van der Waals surface area contributed by atoms with Crippen molar-refractivity contribution in [2.24, 2.45) is 0 Å². The Balaban J connectivity index is 3.62. The monoisotopic (exact) mass is 202 g/mol. The van der Waals surface area contributed by atoms with Crippen LogP contribution in [0.2, 0.25) is 6.82 Å². The Kier molecular flexibility index (Phi) is 3.74. The second kappa shape index (κ2) is 3.15. The Morgan fingerprint density at radius 2 is 2.20 bits per heavy atom. The summed E-state index contributed by atoms with van der Waals surface area (Å²) in [6.07, 6.45) is 1.66. The van der Waals surface area contributed by atoms with Crippen LogP contribution >= 0.6 is 21.2 Å². The maximum atomic E-state index is 9.89. The first kappa shape index (κ1) is 5.94. The van der Waals surface area contributed by atoms with E-state index in [0.29, 0.717) is 0 Å². The van der Waals surface area contributed by atoms with Crippen molar-refractivity contribution < 1.29 is 4.21 Å². The molecule has 5 heavy (non-hydrogen) atoms. The first-order chi connectivity index (χ1) is 2.27. The SMILES string of the molecule is CB=[SH](=O)I. The van der Waals surface area contributed by atoms with Crippen LogP contribution in [-0.4, -0.2) is 10.4 Å². The Morgan fingerprint density at radius 1 is 2.00 bits per heavy atom. The van der Waals surface area contributed by atoms with E-state index >= 15 is 0 Å². The quantitative estimate of drug-likeness (QED) is 0.261. The van der Waals surface area contributed by atoms with Crippen molar-refractivity contribution in [3.8, 4) is 0 Å². The number of hydrogen-bond acceptors (Lipinski definition) is 1. The van der Waals surface area contributed by atoms with Crippen LogP contribution in [0.15, 0.2) is 0 Å². The van der Waals surface area contributed by atoms with Gasteiger partial charge in [-0.2, -0.15) is 0 Å². The molecule has 0 fully saturated rings. The third kappa shape index (κ3) is 4.94. The standard InChI is InChI=1S/CH4BIOS/c1-2-5(3)4/h5H,1H3. The van der Waals surface area contributed by atoms with Gasteiger partial charge in [0.1, 0.15) is 0 Å². The number of halogens is 1. The molecule has 0 aromatic carbocycles. The Hall–Kier alpha value is 0.945. The zero-order chi connectivity index (χ0) is 4.28. The van der Waals surface area contributed by atoms with Crippen LogP contribution in [-0.2, 0) is 7.40 Å². The summed E-state index contributed by atoms with van der Waals surface area (Å²) in [7, 11) is -1.00. The van der Waals surface area contributed by atoms with Crippen molar-refractivity contribution in [2.75, 3.05) is 0 Å². The summed E-state index contributed by atoms with van der Waals surface area (Å²) in [6.45, 7) is 1.78. The van der Waals surface area contributed by atoms with Gasteiger partial charge in [-0.15, -0.1) is 0 Å². The number of hydrogen-bond donors (Lipinski definition) is 1. The molecule has 0 spiro atoms. The molecule has 0 aromatic rings. The molecular weight excluding hydrogens is 198 g/mol.